The summed E-state index contributed by atoms with van der Waals surface area (Å²) in [5, 5.41) is 12.6. The molecule has 3 aromatic rings. The van der Waals surface area contributed by atoms with Crippen LogP contribution in [0.1, 0.15) is 5.56 Å². The maximum atomic E-state index is 13.5. The largest absolute Gasteiger partial charge is 0.321 e. The Labute approximate surface area is 213 Å². The highest BCUT2D eigenvalue weighted by molar-refractivity contribution is 8.05. The van der Waals surface area contributed by atoms with Gasteiger partial charge in [0.15, 0.2) is 0 Å². The van der Waals surface area contributed by atoms with Gasteiger partial charge in [-0.2, -0.15) is 5.26 Å². The van der Waals surface area contributed by atoms with E-state index in [1.165, 1.54) is 41.3 Å². The van der Waals surface area contributed by atoms with Crippen molar-refractivity contribution in [3.8, 4) is 6.07 Å². The molecule has 10 heteroatoms. The van der Waals surface area contributed by atoms with Gasteiger partial charge in [-0.05, 0) is 78.7 Å². The first-order valence-corrected chi connectivity index (χ1v) is 11.8. The Balaban J connectivity index is 1.73. The summed E-state index contributed by atoms with van der Waals surface area (Å²) in [6, 6.07) is 16.9. The number of amides is 2. The number of anilines is 2. The number of benzene rings is 3. The molecule has 0 aliphatic carbocycles. The molecule has 4 rings (SSSR count). The van der Waals surface area contributed by atoms with Crippen molar-refractivity contribution in [2.45, 2.75) is 11.7 Å². The summed E-state index contributed by atoms with van der Waals surface area (Å²) in [7, 11) is 0. The van der Waals surface area contributed by atoms with Crippen molar-refractivity contribution >= 4 is 58.2 Å². The number of thioether (sulfide) groups is 1. The van der Waals surface area contributed by atoms with Crippen LogP contribution in [0.3, 0.4) is 0 Å². The highest BCUT2D eigenvalue weighted by Crippen LogP contribution is 2.42. The minimum atomic E-state index is -0.775. The molecule has 1 heterocycles. The first kappa shape index (κ1) is 24.7. The van der Waals surface area contributed by atoms with Crippen molar-refractivity contribution in [2.24, 2.45) is 0 Å². The topological polar surface area (TPSA) is 73.2 Å². The van der Waals surface area contributed by atoms with Crippen molar-refractivity contribution < 1.29 is 18.4 Å². The van der Waals surface area contributed by atoms with Gasteiger partial charge in [0.1, 0.15) is 28.3 Å². The summed E-state index contributed by atoms with van der Waals surface area (Å²) in [5.41, 5.74) is 0.867. The fraction of sp³-hybridized carbons (Fsp3) is 0.0800. The van der Waals surface area contributed by atoms with Gasteiger partial charge in [-0.1, -0.05) is 35.0 Å². The molecule has 176 valence electrons. The second-order valence-corrected chi connectivity index (χ2v) is 9.48. The molecule has 0 spiro atoms. The molecule has 0 aromatic heterocycles. The molecule has 35 heavy (non-hydrogen) atoms. The third kappa shape index (κ3) is 5.49. The number of halogens is 4. The van der Waals surface area contributed by atoms with Gasteiger partial charge in [0.2, 0.25) is 5.91 Å². The van der Waals surface area contributed by atoms with Crippen molar-refractivity contribution in [2.75, 3.05) is 10.2 Å². The van der Waals surface area contributed by atoms with Gasteiger partial charge in [-0.25, -0.2) is 8.78 Å². The lowest BCUT2D eigenvalue weighted by molar-refractivity contribution is -0.117. The maximum absolute atomic E-state index is 13.5. The highest BCUT2D eigenvalue weighted by Gasteiger charge is 2.41. The van der Waals surface area contributed by atoms with E-state index in [-0.39, 0.29) is 22.7 Å². The van der Waals surface area contributed by atoms with Crippen LogP contribution in [0.15, 0.2) is 77.3 Å². The fourth-order valence-electron chi connectivity index (χ4n) is 3.44. The van der Waals surface area contributed by atoms with Crippen LogP contribution < -0.4 is 10.2 Å². The summed E-state index contributed by atoms with van der Waals surface area (Å²) < 4.78 is 26.8. The predicted octanol–water partition coefficient (Wildman–Crippen LogP) is 6.34. The molecule has 1 aliphatic rings. The molecule has 1 aliphatic heterocycles. The standard InChI is InChI=1S/C25H15Cl2F2N3O2S/c26-15-1-10-21(27)14(11-15)12-22-24(34)32(19-8-4-17(29)5-9-19)25(35-22)20(13-30)23(33)31-18-6-2-16(28)3-7-18/h1-11,22H,12H2,(H,31,33)/b25-20+/t22-/m1/s1. The second-order valence-electron chi connectivity index (χ2n) is 7.45. The molecular formula is C25H15Cl2F2N3O2S. The first-order valence-electron chi connectivity index (χ1n) is 10.2. The fourth-order valence-corrected chi connectivity index (χ4v) is 5.12. The van der Waals surface area contributed by atoms with E-state index in [9.17, 15) is 23.6 Å². The van der Waals surface area contributed by atoms with Crippen LogP contribution in [-0.2, 0) is 16.0 Å². The van der Waals surface area contributed by atoms with E-state index in [1.807, 2.05) is 6.07 Å². The van der Waals surface area contributed by atoms with Gasteiger partial charge < -0.3 is 5.32 Å². The van der Waals surface area contributed by atoms with Gasteiger partial charge in [-0.15, -0.1) is 0 Å². The lowest BCUT2D eigenvalue weighted by Gasteiger charge is -2.18. The number of carbonyl (C=O) groups is 2. The van der Waals surface area contributed by atoms with Crippen molar-refractivity contribution in [1.82, 2.24) is 0 Å². The molecule has 0 unspecified atom stereocenters. The van der Waals surface area contributed by atoms with Crippen LogP contribution in [0.2, 0.25) is 10.0 Å². The molecular weight excluding hydrogens is 515 g/mol. The Hall–Kier alpha value is -3.38. The van der Waals surface area contributed by atoms with Crippen LogP contribution in [0.4, 0.5) is 20.2 Å². The van der Waals surface area contributed by atoms with E-state index in [1.54, 1.807) is 18.2 Å². The number of carbonyl (C=O) groups excluding carboxylic acids is 2. The van der Waals surface area contributed by atoms with Crippen LogP contribution >= 0.6 is 35.0 Å². The number of hydrogen-bond acceptors (Lipinski definition) is 4. The molecule has 5 nitrogen and oxygen atoms in total. The number of rotatable bonds is 5. The third-order valence-electron chi connectivity index (χ3n) is 5.11. The first-order chi connectivity index (χ1) is 16.8. The van der Waals surface area contributed by atoms with Crippen LogP contribution in [-0.4, -0.2) is 17.1 Å². The lowest BCUT2D eigenvalue weighted by atomic mass is 10.1. The van der Waals surface area contributed by atoms with Crippen molar-refractivity contribution in [1.29, 1.82) is 5.26 Å². The van der Waals surface area contributed by atoms with E-state index >= 15 is 0 Å². The maximum Gasteiger partial charge on any atom is 0.269 e. The second kappa shape index (κ2) is 10.5. The Morgan fingerprint density at radius 1 is 1.03 bits per heavy atom. The smallest absolute Gasteiger partial charge is 0.269 e. The van der Waals surface area contributed by atoms with Crippen LogP contribution in [0.25, 0.3) is 0 Å². The van der Waals surface area contributed by atoms with E-state index < -0.39 is 28.7 Å². The number of nitrogens with one attached hydrogen (secondary N) is 1. The summed E-state index contributed by atoms with van der Waals surface area (Å²) in [6.07, 6.45) is 0.183. The van der Waals surface area contributed by atoms with Crippen LogP contribution in [0, 0.1) is 23.0 Å². The van der Waals surface area contributed by atoms with E-state index in [4.69, 9.17) is 23.2 Å². The number of nitrogens with zero attached hydrogens (tertiary/aromatic N) is 2. The monoisotopic (exact) mass is 529 g/mol. The Morgan fingerprint density at radius 3 is 2.29 bits per heavy atom. The summed E-state index contributed by atoms with van der Waals surface area (Å²) in [5.74, 6) is -2.17. The molecule has 3 aromatic carbocycles. The van der Waals surface area contributed by atoms with Gasteiger partial charge in [-0.3, -0.25) is 14.5 Å². The Kier molecular flexibility index (Phi) is 7.41. The normalized spacial score (nSPS) is 16.7. The van der Waals surface area contributed by atoms with E-state index in [2.05, 4.69) is 5.32 Å². The molecule has 0 radical (unpaired) electrons. The molecule has 2 amide bonds. The highest BCUT2D eigenvalue weighted by atomic mass is 35.5. The predicted molar refractivity (Wildman–Crippen MR) is 133 cm³/mol. The summed E-state index contributed by atoms with van der Waals surface area (Å²) in [4.78, 5) is 27.7. The third-order valence-corrected chi connectivity index (χ3v) is 6.97. The van der Waals surface area contributed by atoms with Gasteiger partial charge >= 0.3 is 0 Å². The zero-order chi connectivity index (χ0) is 25.1. The molecule has 0 bridgehead atoms. The zero-order valence-electron chi connectivity index (χ0n) is 17.8. The summed E-state index contributed by atoms with van der Waals surface area (Å²) in [6.45, 7) is 0. The van der Waals surface area contributed by atoms with E-state index in [0.717, 1.165) is 23.9 Å². The number of hydrogen-bond donors (Lipinski definition) is 1. The zero-order valence-corrected chi connectivity index (χ0v) is 20.1. The molecule has 1 saturated heterocycles. The molecule has 1 N–H and O–H groups in total. The molecule has 1 atom stereocenters. The van der Waals surface area contributed by atoms with Crippen LogP contribution in [0.5, 0.6) is 0 Å². The molecule has 0 saturated carbocycles. The molecule has 1 fully saturated rings. The Morgan fingerprint density at radius 2 is 1.66 bits per heavy atom. The SMILES string of the molecule is N#C/C(C(=O)Nc1ccc(F)cc1)=C1\S[C@H](Cc2cc(Cl)ccc2Cl)C(=O)N1c1ccc(F)cc1. The average molecular weight is 530 g/mol. The van der Waals surface area contributed by atoms with Crippen molar-refractivity contribution in [3.05, 3.63) is 105 Å². The minimum Gasteiger partial charge on any atom is -0.321 e. The number of nitriles is 1. The average Bonchev–Trinajstić information content (AvgIpc) is 3.14. The summed E-state index contributed by atoms with van der Waals surface area (Å²) >= 11 is 13.4. The quantitative estimate of drug-likeness (QED) is 0.309. The van der Waals surface area contributed by atoms with Gasteiger partial charge in [0.25, 0.3) is 5.91 Å². The van der Waals surface area contributed by atoms with Crippen molar-refractivity contribution in [3.63, 3.8) is 0 Å². The van der Waals surface area contributed by atoms with Gasteiger partial charge in [0.05, 0.1) is 5.25 Å². The Bertz CT molecular complexity index is 1370. The van der Waals surface area contributed by atoms with Gasteiger partial charge in [0, 0.05) is 21.4 Å². The minimum absolute atomic E-state index is 0.0897. The lowest BCUT2D eigenvalue weighted by Crippen LogP contribution is -2.31. The van der Waals surface area contributed by atoms with E-state index in [0.29, 0.717) is 21.3 Å².